The van der Waals surface area contributed by atoms with Crippen molar-refractivity contribution in [2.45, 2.75) is 33.3 Å². The molecule has 1 atom stereocenters. The monoisotopic (exact) mass is 256 g/mol. The van der Waals surface area contributed by atoms with Crippen LogP contribution in [-0.4, -0.2) is 5.11 Å². The molecule has 2 heteroatoms. The second-order valence-electron chi connectivity index (χ2n) is 4.12. The van der Waals surface area contributed by atoms with E-state index in [0.29, 0.717) is 5.92 Å². The number of aliphatic hydroxyl groups is 1. The van der Waals surface area contributed by atoms with Gasteiger partial charge in [0.05, 0.1) is 6.10 Å². The number of hydrogen-bond donors (Lipinski definition) is 1. The second-order valence-corrected chi connectivity index (χ2v) is 4.92. The van der Waals surface area contributed by atoms with Gasteiger partial charge in [-0.1, -0.05) is 48.0 Å². The van der Waals surface area contributed by atoms with Crippen LogP contribution < -0.4 is 0 Å². The largest absolute Gasteiger partial charge is 0.388 e. The molecule has 1 aromatic carbocycles. The van der Waals surface area contributed by atoms with E-state index in [0.717, 1.165) is 16.5 Å². The van der Waals surface area contributed by atoms with E-state index >= 15 is 0 Å². The quantitative estimate of drug-likeness (QED) is 0.872. The molecule has 0 aliphatic rings. The fourth-order valence-corrected chi connectivity index (χ4v) is 2.03. The number of aryl methyl sites for hydroxylation is 1. The van der Waals surface area contributed by atoms with Crippen LogP contribution in [0.3, 0.4) is 0 Å². The Hall–Kier alpha value is -0.340. The number of aliphatic hydroxyl groups excluding tert-OH is 1. The first-order valence-corrected chi connectivity index (χ1v) is 5.74. The molecule has 0 amide bonds. The molecule has 0 spiro atoms. The second kappa shape index (κ2) is 4.94. The highest BCUT2D eigenvalue weighted by Gasteiger charge is 2.13. The summed E-state index contributed by atoms with van der Waals surface area (Å²) in [4.78, 5) is 0. The SMILES string of the molecule is Cc1cccc(C(O)CC(C)C)c1Br. The van der Waals surface area contributed by atoms with Crippen molar-refractivity contribution in [1.29, 1.82) is 0 Å². The third-order valence-corrected chi connectivity index (χ3v) is 3.36. The molecule has 1 unspecified atom stereocenters. The van der Waals surface area contributed by atoms with Crippen molar-refractivity contribution in [2.75, 3.05) is 0 Å². The van der Waals surface area contributed by atoms with Gasteiger partial charge in [-0.05, 0) is 30.4 Å². The third-order valence-electron chi connectivity index (χ3n) is 2.28. The summed E-state index contributed by atoms with van der Waals surface area (Å²) in [5, 5.41) is 9.97. The Labute approximate surface area is 94.3 Å². The fraction of sp³-hybridized carbons (Fsp3) is 0.500. The van der Waals surface area contributed by atoms with E-state index in [2.05, 4.69) is 29.8 Å². The lowest BCUT2D eigenvalue weighted by Gasteiger charge is -2.15. The number of benzene rings is 1. The number of hydrogen-bond acceptors (Lipinski definition) is 1. The molecule has 1 aromatic rings. The van der Waals surface area contributed by atoms with Crippen molar-refractivity contribution in [1.82, 2.24) is 0 Å². The molecular formula is C12H17BrO. The smallest absolute Gasteiger partial charge is 0.0803 e. The van der Waals surface area contributed by atoms with Crippen LogP contribution in [0.4, 0.5) is 0 Å². The average Bonchev–Trinajstić information content (AvgIpc) is 2.08. The molecule has 0 saturated carbocycles. The first kappa shape index (κ1) is 11.7. The van der Waals surface area contributed by atoms with Gasteiger partial charge in [-0.3, -0.25) is 0 Å². The molecule has 0 aliphatic carbocycles. The Morgan fingerprint density at radius 3 is 2.57 bits per heavy atom. The molecule has 0 radical (unpaired) electrons. The van der Waals surface area contributed by atoms with E-state index < -0.39 is 0 Å². The van der Waals surface area contributed by atoms with Gasteiger partial charge in [-0.15, -0.1) is 0 Å². The minimum Gasteiger partial charge on any atom is -0.388 e. The first-order chi connectivity index (χ1) is 6.52. The summed E-state index contributed by atoms with van der Waals surface area (Å²) >= 11 is 3.51. The lowest BCUT2D eigenvalue weighted by atomic mass is 9.98. The first-order valence-electron chi connectivity index (χ1n) is 4.95. The highest BCUT2D eigenvalue weighted by Crippen LogP contribution is 2.29. The highest BCUT2D eigenvalue weighted by atomic mass is 79.9. The van der Waals surface area contributed by atoms with Gasteiger partial charge in [0.1, 0.15) is 0 Å². The number of halogens is 1. The standard InChI is InChI=1S/C12H17BrO/c1-8(2)7-11(14)10-6-4-5-9(3)12(10)13/h4-6,8,11,14H,7H2,1-3H3. The summed E-state index contributed by atoms with van der Waals surface area (Å²) in [5.41, 5.74) is 2.17. The highest BCUT2D eigenvalue weighted by molar-refractivity contribution is 9.10. The van der Waals surface area contributed by atoms with Crippen LogP contribution in [0.5, 0.6) is 0 Å². The van der Waals surface area contributed by atoms with Crippen LogP contribution in [0.15, 0.2) is 22.7 Å². The van der Waals surface area contributed by atoms with Gasteiger partial charge in [-0.2, -0.15) is 0 Å². The van der Waals surface area contributed by atoms with Crippen molar-refractivity contribution in [3.63, 3.8) is 0 Å². The molecule has 78 valence electrons. The Morgan fingerprint density at radius 2 is 2.00 bits per heavy atom. The average molecular weight is 257 g/mol. The predicted octanol–water partition coefficient (Wildman–Crippen LogP) is 3.84. The molecule has 0 fully saturated rings. The summed E-state index contributed by atoms with van der Waals surface area (Å²) in [5.74, 6) is 0.511. The fourth-order valence-electron chi connectivity index (χ4n) is 1.50. The molecular weight excluding hydrogens is 240 g/mol. The van der Waals surface area contributed by atoms with Gasteiger partial charge >= 0.3 is 0 Å². The Morgan fingerprint density at radius 1 is 1.36 bits per heavy atom. The van der Waals surface area contributed by atoms with Gasteiger partial charge < -0.3 is 5.11 Å². The predicted molar refractivity (Wildman–Crippen MR) is 63.3 cm³/mol. The molecule has 0 heterocycles. The van der Waals surface area contributed by atoms with Crippen molar-refractivity contribution in [3.8, 4) is 0 Å². The molecule has 0 saturated heterocycles. The molecule has 14 heavy (non-hydrogen) atoms. The van der Waals surface area contributed by atoms with Crippen LogP contribution in [0.2, 0.25) is 0 Å². The van der Waals surface area contributed by atoms with Crippen LogP contribution >= 0.6 is 15.9 Å². The minimum atomic E-state index is -0.357. The maximum absolute atomic E-state index is 9.97. The molecule has 1 rings (SSSR count). The van der Waals surface area contributed by atoms with E-state index in [1.54, 1.807) is 0 Å². The third kappa shape index (κ3) is 2.82. The van der Waals surface area contributed by atoms with Crippen LogP contribution in [-0.2, 0) is 0 Å². The summed E-state index contributed by atoms with van der Waals surface area (Å²) in [6.07, 6.45) is 0.450. The molecule has 0 aliphatic heterocycles. The topological polar surface area (TPSA) is 20.2 Å². The van der Waals surface area contributed by atoms with Crippen molar-refractivity contribution in [2.24, 2.45) is 5.92 Å². The van der Waals surface area contributed by atoms with Crippen molar-refractivity contribution < 1.29 is 5.11 Å². The van der Waals surface area contributed by atoms with Crippen LogP contribution in [0.1, 0.15) is 37.5 Å². The molecule has 1 N–H and O–H groups in total. The van der Waals surface area contributed by atoms with Crippen molar-refractivity contribution in [3.05, 3.63) is 33.8 Å². The van der Waals surface area contributed by atoms with E-state index in [1.165, 1.54) is 5.56 Å². The van der Waals surface area contributed by atoms with Crippen LogP contribution in [0.25, 0.3) is 0 Å². The van der Waals surface area contributed by atoms with Gasteiger partial charge in [0.15, 0.2) is 0 Å². The van der Waals surface area contributed by atoms with Gasteiger partial charge in [0.2, 0.25) is 0 Å². The number of rotatable bonds is 3. The summed E-state index contributed by atoms with van der Waals surface area (Å²) in [6, 6.07) is 6.00. The lowest BCUT2D eigenvalue weighted by Crippen LogP contribution is -2.03. The zero-order chi connectivity index (χ0) is 10.7. The van der Waals surface area contributed by atoms with Gasteiger partial charge in [0, 0.05) is 4.47 Å². The van der Waals surface area contributed by atoms with Gasteiger partial charge in [0.25, 0.3) is 0 Å². The van der Waals surface area contributed by atoms with Gasteiger partial charge in [-0.25, -0.2) is 0 Å². The van der Waals surface area contributed by atoms with E-state index in [1.807, 2.05) is 25.1 Å². The Balaban J connectivity index is 2.89. The van der Waals surface area contributed by atoms with E-state index in [-0.39, 0.29) is 6.10 Å². The maximum Gasteiger partial charge on any atom is 0.0803 e. The summed E-state index contributed by atoms with van der Waals surface area (Å²) in [7, 11) is 0. The molecule has 0 aromatic heterocycles. The minimum absolute atomic E-state index is 0.357. The molecule has 1 nitrogen and oxygen atoms in total. The van der Waals surface area contributed by atoms with Crippen LogP contribution in [0, 0.1) is 12.8 Å². The Bertz CT molecular complexity index is 307. The zero-order valence-electron chi connectivity index (χ0n) is 8.92. The molecule has 0 bridgehead atoms. The lowest BCUT2D eigenvalue weighted by molar-refractivity contribution is 0.150. The summed E-state index contributed by atoms with van der Waals surface area (Å²) in [6.45, 7) is 6.27. The van der Waals surface area contributed by atoms with E-state index in [4.69, 9.17) is 0 Å². The maximum atomic E-state index is 9.97. The Kier molecular flexibility index (Phi) is 4.14. The van der Waals surface area contributed by atoms with Crippen molar-refractivity contribution >= 4 is 15.9 Å². The zero-order valence-corrected chi connectivity index (χ0v) is 10.5. The summed E-state index contributed by atoms with van der Waals surface area (Å²) < 4.78 is 1.04. The normalized spacial score (nSPS) is 13.3. The van der Waals surface area contributed by atoms with E-state index in [9.17, 15) is 5.11 Å².